The van der Waals surface area contributed by atoms with E-state index in [1.54, 1.807) is 0 Å². The van der Waals surface area contributed by atoms with Crippen molar-refractivity contribution in [2.45, 2.75) is 24.8 Å². The number of rotatable bonds is 3. The lowest BCUT2D eigenvalue weighted by molar-refractivity contribution is 0.573. The van der Waals surface area contributed by atoms with E-state index in [0.717, 1.165) is 12.8 Å². The molecule has 1 N–H and O–H groups in total. The van der Waals surface area contributed by atoms with E-state index in [1.807, 2.05) is 0 Å². The van der Waals surface area contributed by atoms with Crippen molar-refractivity contribution in [1.82, 2.24) is 5.23 Å². The van der Waals surface area contributed by atoms with Crippen molar-refractivity contribution in [2.24, 2.45) is 0 Å². The average Bonchev–Trinajstić information content (AvgIpc) is 2.78. The Morgan fingerprint density at radius 3 is 2.33 bits per heavy atom. The maximum atomic E-state index is 5.65. The molecule has 0 bridgehead atoms. The minimum Gasteiger partial charge on any atom is -0.360 e. The highest BCUT2D eigenvalue weighted by molar-refractivity contribution is 6.04. The lowest BCUT2D eigenvalue weighted by atomic mass is 9.94. The topological polar surface area (TPSA) is 12.0 Å². The fraction of sp³-hybridized carbons (Fsp3) is 0.250. The maximum absolute atomic E-state index is 5.65. The quantitative estimate of drug-likeness (QED) is 0.803. The largest absolute Gasteiger partial charge is 0.360 e. The molecule has 1 aliphatic rings. The van der Waals surface area contributed by atoms with Gasteiger partial charge in [-0.2, -0.15) is 0 Å². The van der Waals surface area contributed by atoms with Gasteiger partial charge in [0.25, 0.3) is 0 Å². The van der Waals surface area contributed by atoms with Gasteiger partial charge in [-0.15, -0.1) is 0 Å². The lowest BCUT2D eigenvalue weighted by Gasteiger charge is -2.12. The van der Waals surface area contributed by atoms with E-state index in [2.05, 4.69) is 59.8 Å². The molecule has 2 atom stereocenters. The third-order valence-electron chi connectivity index (χ3n) is 3.86. The predicted molar refractivity (Wildman–Crippen MR) is 75.6 cm³/mol. The molecule has 0 heterocycles. The minimum atomic E-state index is 0.301. The summed E-state index contributed by atoms with van der Waals surface area (Å²) in [4.78, 5) is 0. The van der Waals surface area contributed by atoms with Gasteiger partial charge in [-0.1, -0.05) is 54.6 Å². The highest BCUT2D eigenvalue weighted by Crippen LogP contribution is 2.41. The Kier molecular flexibility index (Phi) is 3.20. The van der Waals surface area contributed by atoms with Crippen molar-refractivity contribution in [1.29, 1.82) is 0 Å². The monoisotopic (exact) mass is 233 g/mol. The molecule has 0 aliphatic heterocycles. The Bertz CT molecular complexity index is 524. The molecule has 0 saturated heterocycles. The van der Waals surface area contributed by atoms with Crippen molar-refractivity contribution in [3.8, 4) is 0 Å². The first-order valence-electron chi connectivity index (χ1n) is 6.47. The van der Waals surface area contributed by atoms with Gasteiger partial charge in [0.05, 0.1) is 0 Å². The first-order valence-corrected chi connectivity index (χ1v) is 6.47. The molecule has 3 rings (SSSR count). The van der Waals surface area contributed by atoms with Crippen LogP contribution in [0.25, 0.3) is 0 Å². The Labute approximate surface area is 110 Å². The molecule has 18 heavy (non-hydrogen) atoms. The van der Waals surface area contributed by atoms with Crippen LogP contribution in [0.3, 0.4) is 0 Å². The van der Waals surface area contributed by atoms with Gasteiger partial charge in [-0.3, -0.25) is 0 Å². The summed E-state index contributed by atoms with van der Waals surface area (Å²) < 4.78 is 0. The minimum absolute atomic E-state index is 0.301. The molecular formula is C16H16BN. The molecule has 2 aromatic carbocycles. The van der Waals surface area contributed by atoms with Gasteiger partial charge in [0, 0.05) is 6.04 Å². The second-order valence-corrected chi connectivity index (χ2v) is 4.97. The number of nitrogens with one attached hydrogen (secondary N) is 1. The van der Waals surface area contributed by atoms with E-state index in [-0.39, 0.29) is 0 Å². The van der Waals surface area contributed by atoms with Crippen LogP contribution < -0.4 is 5.23 Å². The normalized spacial score (nSPS) is 21.8. The predicted octanol–water partition coefficient (Wildman–Crippen LogP) is 3.13. The molecule has 0 unspecified atom stereocenters. The zero-order valence-electron chi connectivity index (χ0n) is 10.3. The Hall–Kier alpha value is -1.54. The van der Waals surface area contributed by atoms with Gasteiger partial charge >= 0.3 is 0 Å². The van der Waals surface area contributed by atoms with Gasteiger partial charge in [0.1, 0.15) is 0 Å². The molecule has 2 heteroatoms. The summed E-state index contributed by atoms with van der Waals surface area (Å²) in [5, 5.41) is 2.94. The van der Waals surface area contributed by atoms with Crippen molar-refractivity contribution < 1.29 is 0 Å². The second-order valence-electron chi connectivity index (χ2n) is 4.97. The summed E-state index contributed by atoms with van der Waals surface area (Å²) in [5.74, 6) is 0.574. The summed E-state index contributed by atoms with van der Waals surface area (Å²) in [6.07, 6.45) is 2.18. The second kappa shape index (κ2) is 4.99. The molecule has 0 saturated carbocycles. The molecule has 1 nitrogen and oxygen atoms in total. The van der Waals surface area contributed by atoms with E-state index in [1.165, 1.54) is 16.7 Å². The third kappa shape index (κ3) is 2.09. The van der Waals surface area contributed by atoms with Crippen LogP contribution in [0.4, 0.5) is 0 Å². The zero-order valence-corrected chi connectivity index (χ0v) is 10.3. The molecular weight excluding hydrogens is 217 g/mol. The van der Waals surface area contributed by atoms with Crippen LogP contribution in [-0.4, -0.2) is 7.98 Å². The first kappa shape index (κ1) is 11.5. The zero-order chi connectivity index (χ0) is 12.4. The molecule has 88 valence electrons. The fourth-order valence-electron chi connectivity index (χ4n) is 2.99. The Morgan fingerprint density at radius 1 is 0.944 bits per heavy atom. The van der Waals surface area contributed by atoms with Crippen LogP contribution in [0.2, 0.25) is 0 Å². The summed E-state index contributed by atoms with van der Waals surface area (Å²) in [6, 6.07) is 19.6. The van der Waals surface area contributed by atoms with Crippen LogP contribution in [0.15, 0.2) is 54.6 Å². The van der Waals surface area contributed by atoms with Gasteiger partial charge in [0.2, 0.25) is 0 Å². The molecule has 0 aromatic heterocycles. The number of hydrogen-bond acceptors (Lipinski definition) is 1. The highest BCUT2D eigenvalue weighted by Gasteiger charge is 2.29. The van der Waals surface area contributed by atoms with Gasteiger partial charge in [-0.05, 0) is 35.4 Å². The van der Waals surface area contributed by atoms with E-state index in [0.29, 0.717) is 12.0 Å². The van der Waals surface area contributed by atoms with Crippen LogP contribution in [0.5, 0.6) is 0 Å². The fourth-order valence-corrected chi connectivity index (χ4v) is 2.99. The Morgan fingerprint density at radius 2 is 1.61 bits per heavy atom. The molecule has 0 amide bonds. The number of fused-ring (bicyclic) bond motifs is 1. The van der Waals surface area contributed by atoms with Crippen LogP contribution in [0, 0.1) is 0 Å². The number of benzene rings is 2. The van der Waals surface area contributed by atoms with E-state index < -0.39 is 0 Å². The molecule has 0 fully saturated rings. The van der Waals surface area contributed by atoms with Crippen LogP contribution in [-0.2, 0) is 6.42 Å². The van der Waals surface area contributed by atoms with E-state index >= 15 is 0 Å². The van der Waals surface area contributed by atoms with Gasteiger partial charge in [-0.25, -0.2) is 0 Å². The first-order chi connectivity index (χ1) is 8.88. The van der Waals surface area contributed by atoms with Crippen molar-refractivity contribution in [3.63, 3.8) is 0 Å². The third-order valence-corrected chi connectivity index (χ3v) is 3.86. The van der Waals surface area contributed by atoms with Crippen molar-refractivity contribution in [3.05, 3.63) is 71.3 Å². The molecule has 2 aromatic rings. The Balaban J connectivity index is 1.87. The summed E-state index contributed by atoms with van der Waals surface area (Å²) in [5.41, 5.74) is 4.21. The number of hydrogen-bond donors (Lipinski definition) is 1. The summed E-state index contributed by atoms with van der Waals surface area (Å²) in [6.45, 7) is 0. The highest BCUT2D eigenvalue weighted by atomic mass is 14.8. The maximum Gasteiger partial charge on any atom is 0.178 e. The SMILES string of the molecule is [B]N[C@H]1C[C@@H](Cc2ccccc2)c2ccccc21. The van der Waals surface area contributed by atoms with Crippen LogP contribution >= 0.6 is 0 Å². The van der Waals surface area contributed by atoms with Crippen molar-refractivity contribution >= 4 is 7.98 Å². The van der Waals surface area contributed by atoms with E-state index in [4.69, 9.17) is 7.98 Å². The summed E-state index contributed by atoms with van der Waals surface area (Å²) in [7, 11) is 5.65. The van der Waals surface area contributed by atoms with Gasteiger partial charge in [0.15, 0.2) is 7.98 Å². The van der Waals surface area contributed by atoms with Gasteiger partial charge < -0.3 is 5.23 Å². The smallest absolute Gasteiger partial charge is 0.178 e. The molecule has 1 aliphatic carbocycles. The molecule has 0 spiro atoms. The lowest BCUT2D eigenvalue weighted by Crippen LogP contribution is -2.15. The van der Waals surface area contributed by atoms with E-state index in [9.17, 15) is 0 Å². The average molecular weight is 233 g/mol. The summed E-state index contributed by atoms with van der Waals surface area (Å²) >= 11 is 0. The standard InChI is InChI=1S/C16H16BN/c17-18-16-11-13(10-12-6-2-1-3-7-12)14-8-4-5-9-15(14)16/h1-9,13,16,18H,10-11H2/t13-,16+/m1/s1. The molecule has 2 radical (unpaired) electrons. The van der Waals surface area contributed by atoms with Crippen molar-refractivity contribution in [2.75, 3.05) is 0 Å². The van der Waals surface area contributed by atoms with Crippen LogP contribution in [0.1, 0.15) is 35.1 Å².